The maximum Gasteiger partial charge on any atom is 0.281 e. The number of nitrogens with zero attached hydrogens (tertiary/aromatic N) is 3. The first kappa shape index (κ1) is 19.3. The Morgan fingerprint density at radius 1 is 1.12 bits per heavy atom. The topological polar surface area (TPSA) is 116 Å². The molecule has 0 aromatic heterocycles. The zero-order chi connectivity index (χ0) is 18.6. The van der Waals surface area contributed by atoms with Crippen LogP contribution in [0.1, 0.15) is 10.4 Å². The molecule has 1 aliphatic rings. The molecule has 1 aromatic rings. The van der Waals surface area contributed by atoms with Crippen molar-refractivity contribution < 1.29 is 18.0 Å². The summed E-state index contributed by atoms with van der Waals surface area (Å²) >= 11 is 0. The van der Waals surface area contributed by atoms with Gasteiger partial charge in [-0.05, 0) is 24.3 Å². The van der Waals surface area contributed by atoms with E-state index in [-0.39, 0.29) is 12.5 Å². The zero-order valence-electron chi connectivity index (χ0n) is 14.3. The largest absolute Gasteiger partial charge is 0.366 e. The number of carbonyl (C=O) groups excluding carboxylic acids is 2. The summed E-state index contributed by atoms with van der Waals surface area (Å²) in [5.74, 6) is -0.723. The van der Waals surface area contributed by atoms with Crippen molar-refractivity contribution in [2.24, 2.45) is 5.73 Å². The second kappa shape index (κ2) is 7.91. The first-order chi connectivity index (χ1) is 11.7. The Bertz CT molecular complexity index is 725. The zero-order valence-corrected chi connectivity index (χ0v) is 15.1. The lowest BCUT2D eigenvalue weighted by atomic mass is 10.2. The van der Waals surface area contributed by atoms with Gasteiger partial charge in [0.15, 0.2) is 0 Å². The van der Waals surface area contributed by atoms with Crippen molar-refractivity contribution in [2.45, 2.75) is 0 Å². The van der Waals surface area contributed by atoms with Crippen molar-refractivity contribution in [3.63, 3.8) is 0 Å². The predicted octanol–water partition coefficient (Wildman–Crippen LogP) is -0.852. The van der Waals surface area contributed by atoms with E-state index < -0.39 is 16.1 Å². The molecule has 0 aliphatic carbocycles. The number of carbonyl (C=O) groups is 2. The van der Waals surface area contributed by atoms with Crippen LogP contribution >= 0.6 is 0 Å². The van der Waals surface area contributed by atoms with Gasteiger partial charge in [-0.25, -0.2) is 0 Å². The van der Waals surface area contributed by atoms with Gasteiger partial charge in [0.2, 0.25) is 11.8 Å². The molecule has 10 heteroatoms. The highest BCUT2D eigenvalue weighted by molar-refractivity contribution is 7.86. The van der Waals surface area contributed by atoms with Crippen LogP contribution in [0, 0.1) is 0 Å². The standard InChI is InChI=1S/C15H23N5O4S/c1-18(2)25(23,24)20-9-7-19(8-10-20)11-14(21)17-13-5-3-12(4-6-13)15(16)22/h3-6H,7-11H2,1-2H3,(H2,16,22)(H,17,21). The minimum atomic E-state index is -3.41. The maximum atomic E-state index is 12.1. The number of nitrogens with one attached hydrogen (secondary N) is 1. The van der Waals surface area contributed by atoms with Crippen molar-refractivity contribution >= 4 is 27.7 Å². The third kappa shape index (κ3) is 4.98. The molecule has 0 atom stereocenters. The minimum Gasteiger partial charge on any atom is -0.366 e. The van der Waals surface area contributed by atoms with E-state index in [2.05, 4.69) is 5.32 Å². The molecule has 0 radical (unpaired) electrons. The second-order valence-corrected chi connectivity index (χ2v) is 8.10. The van der Waals surface area contributed by atoms with Gasteiger partial charge < -0.3 is 11.1 Å². The van der Waals surface area contributed by atoms with Crippen LogP contribution < -0.4 is 11.1 Å². The molecule has 0 spiro atoms. The van der Waals surface area contributed by atoms with E-state index in [0.29, 0.717) is 37.4 Å². The van der Waals surface area contributed by atoms with Crippen LogP contribution in [-0.4, -0.2) is 80.6 Å². The van der Waals surface area contributed by atoms with Crippen LogP contribution in [0.15, 0.2) is 24.3 Å². The van der Waals surface area contributed by atoms with Crippen LogP contribution in [0.3, 0.4) is 0 Å². The number of hydrogen-bond donors (Lipinski definition) is 2. The lowest BCUT2D eigenvalue weighted by Gasteiger charge is -2.34. The highest BCUT2D eigenvalue weighted by Crippen LogP contribution is 2.11. The molecule has 0 saturated carbocycles. The lowest BCUT2D eigenvalue weighted by molar-refractivity contribution is -0.117. The molecule has 1 aromatic carbocycles. The van der Waals surface area contributed by atoms with Gasteiger partial charge in [-0.3, -0.25) is 14.5 Å². The molecule has 0 bridgehead atoms. The highest BCUT2D eigenvalue weighted by atomic mass is 32.2. The number of amides is 2. The Hall–Kier alpha value is -2.01. The van der Waals surface area contributed by atoms with Gasteiger partial charge in [-0.15, -0.1) is 0 Å². The SMILES string of the molecule is CN(C)S(=O)(=O)N1CCN(CC(=O)Nc2ccc(C(N)=O)cc2)CC1. The Balaban J connectivity index is 1.83. The number of nitrogens with two attached hydrogens (primary N) is 1. The summed E-state index contributed by atoms with van der Waals surface area (Å²) in [6.07, 6.45) is 0. The van der Waals surface area contributed by atoms with E-state index in [0.717, 1.165) is 0 Å². The number of benzene rings is 1. The molecule has 0 unspecified atom stereocenters. The molecule has 1 heterocycles. The van der Waals surface area contributed by atoms with E-state index in [9.17, 15) is 18.0 Å². The predicted molar refractivity (Wildman–Crippen MR) is 94.2 cm³/mol. The minimum absolute atomic E-state index is 0.174. The molecule has 9 nitrogen and oxygen atoms in total. The third-order valence-electron chi connectivity index (χ3n) is 3.94. The van der Waals surface area contributed by atoms with Gasteiger partial charge in [0.05, 0.1) is 6.54 Å². The van der Waals surface area contributed by atoms with Crippen LogP contribution in [0.25, 0.3) is 0 Å². The lowest BCUT2D eigenvalue weighted by Crippen LogP contribution is -2.52. The van der Waals surface area contributed by atoms with Gasteiger partial charge in [0.25, 0.3) is 10.2 Å². The van der Waals surface area contributed by atoms with Crippen molar-refractivity contribution in [2.75, 3.05) is 52.1 Å². The number of piperazine rings is 1. The molecule has 2 amide bonds. The van der Waals surface area contributed by atoms with Gasteiger partial charge in [0.1, 0.15) is 0 Å². The Kier molecular flexibility index (Phi) is 6.11. The number of rotatable bonds is 6. The molecular weight excluding hydrogens is 346 g/mol. The molecule has 1 saturated heterocycles. The highest BCUT2D eigenvalue weighted by Gasteiger charge is 2.29. The number of anilines is 1. The van der Waals surface area contributed by atoms with Crippen molar-refractivity contribution in [1.82, 2.24) is 13.5 Å². The summed E-state index contributed by atoms with van der Waals surface area (Å²) in [5, 5.41) is 2.74. The summed E-state index contributed by atoms with van der Waals surface area (Å²) in [5.41, 5.74) is 6.11. The van der Waals surface area contributed by atoms with E-state index >= 15 is 0 Å². The van der Waals surface area contributed by atoms with Crippen molar-refractivity contribution in [1.29, 1.82) is 0 Å². The monoisotopic (exact) mass is 369 g/mol. The Morgan fingerprint density at radius 2 is 1.68 bits per heavy atom. The maximum absolute atomic E-state index is 12.1. The molecule has 1 fully saturated rings. The van der Waals surface area contributed by atoms with E-state index in [4.69, 9.17) is 5.73 Å². The van der Waals surface area contributed by atoms with Gasteiger partial charge in [-0.1, -0.05) is 0 Å². The summed E-state index contributed by atoms with van der Waals surface area (Å²) in [4.78, 5) is 25.0. The van der Waals surface area contributed by atoms with E-state index in [1.807, 2.05) is 4.90 Å². The molecule has 1 aliphatic heterocycles. The van der Waals surface area contributed by atoms with Crippen molar-refractivity contribution in [3.05, 3.63) is 29.8 Å². The first-order valence-electron chi connectivity index (χ1n) is 7.80. The molecule has 2 rings (SSSR count). The third-order valence-corrected chi connectivity index (χ3v) is 5.88. The van der Waals surface area contributed by atoms with Crippen LogP contribution in [0.5, 0.6) is 0 Å². The number of primary amides is 1. The van der Waals surface area contributed by atoms with E-state index in [1.165, 1.54) is 22.7 Å². The van der Waals surface area contributed by atoms with Crippen LogP contribution in [0.2, 0.25) is 0 Å². The average Bonchev–Trinajstić information content (AvgIpc) is 2.55. The second-order valence-electron chi connectivity index (χ2n) is 5.96. The summed E-state index contributed by atoms with van der Waals surface area (Å²) < 4.78 is 26.7. The molecule has 3 N–H and O–H groups in total. The Morgan fingerprint density at radius 3 is 2.16 bits per heavy atom. The average molecular weight is 369 g/mol. The normalized spacial score (nSPS) is 16.8. The smallest absolute Gasteiger partial charge is 0.281 e. The fourth-order valence-electron chi connectivity index (χ4n) is 2.47. The first-order valence-corrected chi connectivity index (χ1v) is 9.19. The summed E-state index contributed by atoms with van der Waals surface area (Å²) in [7, 11) is -0.412. The van der Waals surface area contributed by atoms with Gasteiger partial charge in [-0.2, -0.15) is 17.0 Å². The fraction of sp³-hybridized carbons (Fsp3) is 0.467. The summed E-state index contributed by atoms with van der Waals surface area (Å²) in [6.45, 7) is 1.85. The summed E-state index contributed by atoms with van der Waals surface area (Å²) in [6, 6.07) is 6.31. The van der Waals surface area contributed by atoms with Gasteiger partial charge in [0, 0.05) is 51.5 Å². The molecule has 25 heavy (non-hydrogen) atoms. The quantitative estimate of drug-likeness (QED) is 0.677. The Labute approximate surface area is 147 Å². The molecular formula is C15H23N5O4S. The number of hydrogen-bond acceptors (Lipinski definition) is 5. The van der Waals surface area contributed by atoms with Crippen LogP contribution in [-0.2, 0) is 15.0 Å². The fourth-order valence-corrected chi connectivity index (χ4v) is 3.56. The van der Waals surface area contributed by atoms with E-state index in [1.54, 1.807) is 24.3 Å². The molecule has 138 valence electrons. The van der Waals surface area contributed by atoms with Crippen LogP contribution in [0.4, 0.5) is 5.69 Å². The van der Waals surface area contributed by atoms with Gasteiger partial charge >= 0.3 is 0 Å². The van der Waals surface area contributed by atoms with Crippen molar-refractivity contribution in [3.8, 4) is 0 Å².